The van der Waals surface area contributed by atoms with Crippen LogP contribution in [0.25, 0.3) is 0 Å². The van der Waals surface area contributed by atoms with E-state index in [1.807, 2.05) is 18.2 Å². The third-order valence-corrected chi connectivity index (χ3v) is 3.94. The summed E-state index contributed by atoms with van der Waals surface area (Å²) in [7, 11) is 0. The number of carbonyl (C=O) groups excluding carboxylic acids is 1. The Kier molecular flexibility index (Phi) is 3.84. The second-order valence-electron chi connectivity index (χ2n) is 4.30. The topological polar surface area (TPSA) is 41.1 Å². The van der Waals surface area contributed by atoms with Crippen LogP contribution in [0, 0.1) is 0 Å². The number of rotatable bonds is 4. The van der Waals surface area contributed by atoms with Gasteiger partial charge < -0.3 is 5.32 Å². The summed E-state index contributed by atoms with van der Waals surface area (Å²) >= 11 is 3.52. The summed E-state index contributed by atoms with van der Waals surface area (Å²) < 4.78 is 0.983. The van der Waals surface area contributed by atoms with Crippen molar-refractivity contribution in [3.05, 3.63) is 28.2 Å². The van der Waals surface area contributed by atoms with Gasteiger partial charge in [0.1, 0.15) is 6.04 Å². The first-order valence-electron chi connectivity index (χ1n) is 6.02. The lowest BCUT2D eigenvalue weighted by molar-refractivity contribution is -0.117. The van der Waals surface area contributed by atoms with Gasteiger partial charge >= 0.3 is 0 Å². The maximum absolute atomic E-state index is 12.0. The number of nitrogens with one attached hydrogen (secondary N) is 2. The monoisotopic (exact) mass is 296 g/mol. The minimum Gasteiger partial charge on any atom is -0.324 e. The van der Waals surface area contributed by atoms with E-state index in [1.165, 1.54) is 0 Å². The molecule has 1 heterocycles. The molecule has 0 spiro atoms. The number of amides is 1. The summed E-state index contributed by atoms with van der Waals surface area (Å²) in [5.41, 5.74) is 1.94. The molecule has 1 unspecified atom stereocenters. The highest BCUT2D eigenvalue weighted by molar-refractivity contribution is 9.10. The van der Waals surface area contributed by atoms with Crippen LogP contribution in [-0.4, -0.2) is 11.9 Å². The number of benzene rings is 1. The Morgan fingerprint density at radius 2 is 2.12 bits per heavy atom. The molecule has 0 bridgehead atoms. The zero-order valence-electron chi connectivity index (χ0n) is 10.1. The number of fused-ring (bicyclic) bond motifs is 1. The SMILES string of the molecule is CCC(CC)NC1C(=O)Nc2cccc(Br)c21. The number of carbonyl (C=O) groups is 1. The van der Waals surface area contributed by atoms with E-state index in [-0.39, 0.29) is 11.9 Å². The Labute approximate surface area is 110 Å². The molecular formula is C13H17BrN2O. The fourth-order valence-corrected chi connectivity index (χ4v) is 2.79. The van der Waals surface area contributed by atoms with E-state index in [0.29, 0.717) is 6.04 Å². The predicted molar refractivity (Wildman–Crippen MR) is 73.0 cm³/mol. The number of hydrogen-bond acceptors (Lipinski definition) is 2. The fraction of sp³-hybridized carbons (Fsp3) is 0.462. The summed E-state index contributed by atoms with van der Waals surface area (Å²) in [4.78, 5) is 12.0. The van der Waals surface area contributed by atoms with Gasteiger partial charge in [0.2, 0.25) is 5.91 Å². The van der Waals surface area contributed by atoms with Crippen LogP contribution < -0.4 is 10.6 Å². The summed E-state index contributed by atoms with van der Waals surface area (Å²) in [6.07, 6.45) is 2.06. The third-order valence-electron chi connectivity index (χ3n) is 3.25. The first-order valence-corrected chi connectivity index (χ1v) is 6.82. The van der Waals surface area contributed by atoms with Gasteiger partial charge in [-0.1, -0.05) is 35.8 Å². The molecule has 1 atom stereocenters. The Morgan fingerprint density at radius 1 is 1.41 bits per heavy atom. The fourth-order valence-electron chi connectivity index (χ4n) is 2.19. The molecule has 0 aromatic heterocycles. The lowest BCUT2D eigenvalue weighted by atomic mass is 10.1. The van der Waals surface area contributed by atoms with Crippen LogP contribution in [0.5, 0.6) is 0 Å². The van der Waals surface area contributed by atoms with Gasteiger partial charge in [-0.15, -0.1) is 0 Å². The molecule has 1 aliphatic heterocycles. The smallest absolute Gasteiger partial charge is 0.246 e. The van der Waals surface area contributed by atoms with Crippen molar-refractivity contribution in [2.45, 2.75) is 38.8 Å². The van der Waals surface area contributed by atoms with Crippen LogP contribution in [-0.2, 0) is 4.79 Å². The lowest BCUT2D eigenvalue weighted by Crippen LogP contribution is -2.35. The Morgan fingerprint density at radius 3 is 2.76 bits per heavy atom. The Bertz CT molecular complexity index is 429. The van der Waals surface area contributed by atoms with Gasteiger partial charge in [-0.25, -0.2) is 0 Å². The molecule has 2 rings (SSSR count). The van der Waals surface area contributed by atoms with E-state index >= 15 is 0 Å². The largest absolute Gasteiger partial charge is 0.324 e. The highest BCUT2D eigenvalue weighted by Gasteiger charge is 2.33. The van der Waals surface area contributed by atoms with Crippen molar-refractivity contribution in [1.29, 1.82) is 0 Å². The third kappa shape index (κ3) is 2.38. The van der Waals surface area contributed by atoms with Crippen LogP contribution in [0.3, 0.4) is 0 Å². The molecule has 1 amide bonds. The van der Waals surface area contributed by atoms with Gasteiger partial charge in [0.05, 0.1) is 0 Å². The molecule has 4 heteroatoms. The predicted octanol–water partition coefficient (Wildman–Crippen LogP) is 3.22. The number of halogens is 1. The van der Waals surface area contributed by atoms with Crippen molar-refractivity contribution >= 4 is 27.5 Å². The van der Waals surface area contributed by atoms with E-state index < -0.39 is 0 Å². The zero-order chi connectivity index (χ0) is 12.4. The molecule has 0 saturated heterocycles. The standard InChI is InChI=1S/C13H17BrN2O/c1-3-8(4-2)15-12-11-9(14)6-5-7-10(11)16-13(12)17/h5-8,12,15H,3-4H2,1-2H3,(H,16,17). The average molecular weight is 297 g/mol. The molecule has 0 fully saturated rings. The maximum Gasteiger partial charge on any atom is 0.246 e. The minimum atomic E-state index is -0.231. The molecule has 0 radical (unpaired) electrons. The van der Waals surface area contributed by atoms with Gasteiger partial charge in [0.25, 0.3) is 0 Å². The quantitative estimate of drug-likeness (QED) is 0.896. The van der Waals surface area contributed by atoms with Crippen molar-refractivity contribution in [3.63, 3.8) is 0 Å². The summed E-state index contributed by atoms with van der Waals surface area (Å²) in [6, 6.07) is 5.99. The molecule has 17 heavy (non-hydrogen) atoms. The molecule has 92 valence electrons. The van der Waals surface area contributed by atoms with Crippen LogP contribution in [0.1, 0.15) is 38.3 Å². The number of anilines is 1. The van der Waals surface area contributed by atoms with Crippen molar-refractivity contribution in [3.8, 4) is 0 Å². The van der Waals surface area contributed by atoms with Crippen molar-refractivity contribution in [1.82, 2.24) is 5.32 Å². The molecular weight excluding hydrogens is 280 g/mol. The zero-order valence-corrected chi connectivity index (χ0v) is 11.7. The Balaban J connectivity index is 2.28. The van der Waals surface area contributed by atoms with Crippen molar-refractivity contribution in [2.75, 3.05) is 5.32 Å². The molecule has 0 aliphatic carbocycles. The lowest BCUT2D eigenvalue weighted by Gasteiger charge is -2.20. The first-order chi connectivity index (χ1) is 8.17. The van der Waals surface area contributed by atoms with Gasteiger partial charge in [-0.2, -0.15) is 0 Å². The second kappa shape index (κ2) is 5.19. The normalized spacial score (nSPS) is 18.4. The maximum atomic E-state index is 12.0. The van der Waals surface area contributed by atoms with E-state index in [0.717, 1.165) is 28.6 Å². The molecule has 1 aromatic carbocycles. The van der Waals surface area contributed by atoms with Crippen molar-refractivity contribution in [2.24, 2.45) is 0 Å². The Hall–Kier alpha value is -0.870. The summed E-state index contributed by atoms with van der Waals surface area (Å²) in [5, 5.41) is 6.33. The van der Waals surface area contributed by atoms with Gasteiger partial charge in [0, 0.05) is 21.8 Å². The molecule has 1 aromatic rings. The highest BCUT2D eigenvalue weighted by Crippen LogP contribution is 2.36. The summed E-state index contributed by atoms with van der Waals surface area (Å²) in [6.45, 7) is 4.27. The van der Waals surface area contributed by atoms with Gasteiger partial charge in [-0.3, -0.25) is 10.1 Å². The van der Waals surface area contributed by atoms with Crippen LogP contribution >= 0.6 is 15.9 Å². The van der Waals surface area contributed by atoms with E-state index in [9.17, 15) is 4.79 Å². The highest BCUT2D eigenvalue weighted by atomic mass is 79.9. The van der Waals surface area contributed by atoms with E-state index in [1.54, 1.807) is 0 Å². The van der Waals surface area contributed by atoms with E-state index in [2.05, 4.69) is 40.4 Å². The van der Waals surface area contributed by atoms with Crippen LogP contribution in [0.2, 0.25) is 0 Å². The number of hydrogen-bond donors (Lipinski definition) is 2. The molecule has 1 aliphatic rings. The van der Waals surface area contributed by atoms with Gasteiger partial charge in [-0.05, 0) is 25.0 Å². The molecule has 3 nitrogen and oxygen atoms in total. The van der Waals surface area contributed by atoms with Gasteiger partial charge in [0.15, 0.2) is 0 Å². The molecule has 2 N–H and O–H groups in total. The second-order valence-corrected chi connectivity index (χ2v) is 5.16. The first kappa shape index (κ1) is 12.6. The average Bonchev–Trinajstić information content (AvgIpc) is 2.63. The minimum absolute atomic E-state index is 0.0406. The summed E-state index contributed by atoms with van der Waals surface area (Å²) in [5.74, 6) is 0.0406. The van der Waals surface area contributed by atoms with Crippen molar-refractivity contribution < 1.29 is 4.79 Å². The van der Waals surface area contributed by atoms with E-state index in [4.69, 9.17) is 0 Å². The van der Waals surface area contributed by atoms with Crippen LogP contribution in [0.15, 0.2) is 22.7 Å². The van der Waals surface area contributed by atoms with Crippen LogP contribution in [0.4, 0.5) is 5.69 Å². The molecule has 0 saturated carbocycles.